The molecular weight excluding hydrogens is 274 g/mol. The maximum absolute atomic E-state index is 11.9. The summed E-state index contributed by atoms with van der Waals surface area (Å²) >= 11 is 0. The number of benzene rings is 1. The van der Waals surface area contributed by atoms with E-state index in [0.29, 0.717) is 31.2 Å². The summed E-state index contributed by atoms with van der Waals surface area (Å²) in [5.41, 5.74) is 6.09. The molecule has 0 fully saturated rings. The minimum Gasteiger partial charge on any atom is -0.379 e. The summed E-state index contributed by atoms with van der Waals surface area (Å²) in [4.78, 5) is 22.7. The molecule has 4 N–H and O–H groups in total. The molecule has 1 unspecified atom stereocenters. The van der Waals surface area contributed by atoms with Gasteiger partial charge in [-0.15, -0.1) is 0 Å². The fraction of sp³-hybridized carbons (Fsp3) is 0.429. The third-order valence-corrected chi connectivity index (χ3v) is 2.57. The van der Waals surface area contributed by atoms with Crippen LogP contribution in [0, 0.1) is 0 Å². The fourth-order valence-corrected chi connectivity index (χ4v) is 1.56. The highest BCUT2D eigenvalue weighted by molar-refractivity contribution is 5.95. The maximum Gasteiger partial charge on any atom is 0.316 e. The first-order valence-corrected chi connectivity index (χ1v) is 6.69. The second kappa shape index (κ2) is 8.93. The van der Waals surface area contributed by atoms with Crippen LogP contribution in [0.2, 0.25) is 0 Å². The number of anilines is 2. The summed E-state index contributed by atoms with van der Waals surface area (Å²) in [5, 5.41) is 5.14. The highest BCUT2D eigenvalue weighted by Crippen LogP contribution is 2.15. The van der Waals surface area contributed by atoms with Gasteiger partial charge < -0.3 is 25.8 Å². The smallest absolute Gasteiger partial charge is 0.316 e. The van der Waals surface area contributed by atoms with Gasteiger partial charge in [0.15, 0.2) is 0 Å². The normalized spacial score (nSPS) is 11.7. The fourth-order valence-electron chi connectivity index (χ4n) is 1.56. The van der Waals surface area contributed by atoms with Crippen LogP contribution in [0.3, 0.4) is 0 Å². The Labute approximate surface area is 123 Å². The number of nitrogens with one attached hydrogen (secondary N) is 2. The first-order valence-electron chi connectivity index (χ1n) is 6.69. The lowest BCUT2D eigenvalue weighted by Crippen LogP contribution is -2.29. The number of hydrogen-bond acceptors (Lipinski definition) is 4. The van der Waals surface area contributed by atoms with E-state index in [9.17, 15) is 9.59 Å². The van der Waals surface area contributed by atoms with Crippen molar-refractivity contribution in [2.75, 3.05) is 30.5 Å². The number of ether oxygens (including phenoxy) is 2. The zero-order chi connectivity index (χ0) is 15.7. The van der Waals surface area contributed by atoms with Gasteiger partial charge in [0.1, 0.15) is 6.10 Å². The molecule has 0 heterocycles. The highest BCUT2D eigenvalue weighted by Gasteiger charge is 2.13. The Bertz CT molecular complexity index is 479. The molecule has 0 aromatic heterocycles. The van der Waals surface area contributed by atoms with Gasteiger partial charge in [-0.05, 0) is 32.0 Å². The van der Waals surface area contributed by atoms with Gasteiger partial charge in [-0.1, -0.05) is 6.07 Å². The Morgan fingerprint density at radius 1 is 1.24 bits per heavy atom. The topological polar surface area (TPSA) is 103 Å². The van der Waals surface area contributed by atoms with Gasteiger partial charge in [-0.2, -0.15) is 0 Å². The predicted molar refractivity (Wildman–Crippen MR) is 80.2 cm³/mol. The van der Waals surface area contributed by atoms with Gasteiger partial charge in [0.2, 0.25) is 0 Å². The van der Waals surface area contributed by atoms with Crippen molar-refractivity contribution >= 4 is 23.3 Å². The lowest BCUT2D eigenvalue weighted by Gasteiger charge is -2.14. The van der Waals surface area contributed by atoms with Gasteiger partial charge in [-0.3, -0.25) is 4.79 Å². The average molecular weight is 295 g/mol. The van der Waals surface area contributed by atoms with Crippen LogP contribution >= 0.6 is 0 Å². The molecular formula is C14H21N3O4. The van der Waals surface area contributed by atoms with E-state index in [1.165, 1.54) is 0 Å². The lowest BCUT2D eigenvalue weighted by atomic mass is 10.2. The quantitative estimate of drug-likeness (QED) is 0.633. The van der Waals surface area contributed by atoms with Crippen molar-refractivity contribution in [1.82, 2.24) is 0 Å². The van der Waals surface area contributed by atoms with Crippen LogP contribution in [-0.2, 0) is 14.3 Å². The molecule has 0 aliphatic heterocycles. The largest absolute Gasteiger partial charge is 0.379 e. The second-order valence-electron chi connectivity index (χ2n) is 4.27. The molecule has 116 valence electrons. The SMILES string of the molecule is CCOCCOC(C)C(=O)Nc1cccc(NC(N)=O)c1. The van der Waals surface area contributed by atoms with Gasteiger partial charge in [0, 0.05) is 18.0 Å². The lowest BCUT2D eigenvalue weighted by molar-refractivity contribution is -0.127. The maximum atomic E-state index is 11.9. The first kappa shape index (κ1) is 16.9. The molecule has 3 amide bonds. The van der Waals surface area contributed by atoms with E-state index in [0.717, 1.165) is 0 Å². The molecule has 0 saturated heterocycles. The van der Waals surface area contributed by atoms with E-state index in [1.54, 1.807) is 31.2 Å². The van der Waals surface area contributed by atoms with E-state index in [-0.39, 0.29) is 5.91 Å². The van der Waals surface area contributed by atoms with E-state index < -0.39 is 12.1 Å². The van der Waals surface area contributed by atoms with E-state index in [1.807, 2.05) is 6.92 Å². The Morgan fingerprint density at radius 3 is 2.52 bits per heavy atom. The Morgan fingerprint density at radius 2 is 1.90 bits per heavy atom. The first-order chi connectivity index (χ1) is 10.0. The standard InChI is InChI=1S/C14H21N3O4/c1-3-20-7-8-21-10(2)13(18)16-11-5-4-6-12(9-11)17-14(15)19/h4-6,9-10H,3,7-8H2,1-2H3,(H,16,18)(H3,15,17,19). The van der Waals surface area contributed by atoms with Crippen molar-refractivity contribution in [3.8, 4) is 0 Å². The summed E-state index contributed by atoms with van der Waals surface area (Å²) in [6.45, 7) is 4.97. The molecule has 1 aromatic rings. The molecule has 1 rings (SSSR count). The summed E-state index contributed by atoms with van der Waals surface area (Å²) in [6, 6.07) is 6.02. The summed E-state index contributed by atoms with van der Waals surface area (Å²) in [7, 11) is 0. The summed E-state index contributed by atoms with van der Waals surface area (Å²) in [5.74, 6) is -0.275. The Hall–Kier alpha value is -2.12. The van der Waals surface area contributed by atoms with E-state index in [4.69, 9.17) is 15.2 Å². The van der Waals surface area contributed by atoms with Crippen molar-refractivity contribution in [2.24, 2.45) is 5.73 Å². The third-order valence-electron chi connectivity index (χ3n) is 2.57. The van der Waals surface area contributed by atoms with Crippen molar-refractivity contribution in [3.63, 3.8) is 0 Å². The molecule has 21 heavy (non-hydrogen) atoms. The molecule has 7 heteroatoms. The molecule has 0 aliphatic carbocycles. The number of carbonyl (C=O) groups excluding carboxylic acids is 2. The van der Waals surface area contributed by atoms with Crippen molar-refractivity contribution in [1.29, 1.82) is 0 Å². The zero-order valence-corrected chi connectivity index (χ0v) is 12.2. The molecule has 0 aliphatic rings. The number of rotatable bonds is 8. The molecule has 0 bridgehead atoms. The van der Waals surface area contributed by atoms with E-state index >= 15 is 0 Å². The number of amides is 3. The Kier molecular flexibility index (Phi) is 7.20. The highest BCUT2D eigenvalue weighted by atomic mass is 16.5. The Balaban J connectivity index is 2.48. The third kappa shape index (κ3) is 6.73. The minimum atomic E-state index is -0.661. The van der Waals surface area contributed by atoms with Gasteiger partial charge in [-0.25, -0.2) is 4.79 Å². The van der Waals surface area contributed by atoms with Crippen LogP contribution < -0.4 is 16.4 Å². The number of carbonyl (C=O) groups is 2. The van der Waals surface area contributed by atoms with Crippen LogP contribution in [0.25, 0.3) is 0 Å². The summed E-state index contributed by atoms with van der Waals surface area (Å²) < 4.78 is 10.5. The number of urea groups is 1. The molecule has 7 nitrogen and oxygen atoms in total. The van der Waals surface area contributed by atoms with E-state index in [2.05, 4.69) is 10.6 Å². The van der Waals surface area contributed by atoms with Gasteiger partial charge in [0.25, 0.3) is 5.91 Å². The van der Waals surface area contributed by atoms with Crippen LogP contribution in [0.5, 0.6) is 0 Å². The molecule has 0 spiro atoms. The van der Waals surface area contributed by atoms with Crippen molar-refractivity contribution in [2.45, 2.75) is 20.0 Å². The van der Waals surface area contributed by atoms with Crippen molar-refractivity contribution in [3.05, 3.63) is 24.3 Å². The predicted octanol–water partition coefficient (Wildman–Crippen LogP) is 1.56. The molecule has 0 radical (unpaired) electrons. The second-order valence-corrected chi connectivity index (χ2v) is 4.27. The molecule has 0 saturated carbocycles. The number of primary amides is 1. The van der Waals surface area contributed by atoms with Gasteiger partial charge in [0.05, 0.1) is 13.2 Å². The molecule has 1 aromatic carbocycles. The van der Waals surface area contributed by atoms with Crippen LogP contribution in [-0.4, -0.2) is 37.9 Å². The number of hydrogen-bond donors (Lipinski definition) is 3. The van der Waals surface area contributed by atoms with Gasteiger partial charge >= 0.3 is 6.03 Å². The van der Waals surface area contributed by atoms with Crippen molar-refractivity contribution < 1.29 is 19.1 Å². The average Bonchev–Trinajstić information content (AvgIpc) is 2.43. The zero-order valence-electron chi connectivity index (χ0n) is 12.2. The van der Waals surface area contributed by atoms with Crippen LogP contribution in [0.15, 0.2) is 24.3 Å². The van der Waals surface area contributed by atoms with Crippen LogP contribution in [0.4, 0.5) is 16.2 Å². The number of nitrogens with two attached hydrogens (primary N) is 1. The minimum absolute atomic E-state index is 0.275. The molecule has 1 atom stereocenters. The van der Waals surface area contributed by atoms with Crippen LogP contribution in [0.1, 0.15) is 13.8 Å². The summed E-state index contributed by atoms with van der Waals surface area (Å²) in [6.07, 6.45) is -0.599. The monoisotopic (exact) mass is 295 g/mol.